The average molecular weight is 323 g/mol. The lowest BCUT2D eigenvalue weighted by Crippen LogP contribution is -1.99. The second kappa shape index (κ2) is 5.05. The number of aryl methyl sites for hydroxylation is 2. The van der Waals surface area contributed by atoms with Crippen molar-refractivity contribution in [2.45, 2.75) is 6.92 Å². The largest absolute Gasteiger partial charge is 0.476 e. The molecule has 0 radical (unpaired) electrons. The van der Waals surface area contributed by atoms with E-state index in [-0.39, 0.29) is 5.69 Å². The van der Waals surface area contributed by atoms with Crippen molar-refractivity contribution in [2.24, 2.45) is 7.05 Å². The Labute approximate surface area is 135 Å². The number of aromatic nitrogens is 5. The van der Waals surface area contributed by atoms with Crippen molar-refractivity contribution in [1.82, 2.24) is 24.9 Å². The zero-order valence-electron chi connectivity index (χ0n) is 12.9. The van der Waals surface area contributed by atoms with Crippen LogP contribution in [0.25, 0.3) is 33.7 Å². The molecule has 120 valence electrons. The number of hydrogen-bond donors (Lipinski definition) is 2. The van der Waals surface area contributed by atoms with Gasteiger partial charge >= 0.3 is 5.97 Å². The fourth-order valence-electron chi connectivity index (χ4n) is 2.66. The van der Waals surface area contributed by atoms with Gasteiger partial charge in [-0.2, -0.15) is 10.1 Å². The van der Waals surface area contributed by atoms with Gasteiger partial charge in [0.1, 0.15) is 5.69 Å². The van der Waals surface area contributed by atoms with Gasteiger partial charge in [-0.1, -0.05) is 11.2 Å². The number of aromatic amines is 1. The van der Waals surface area contributed by atoms with Crippen LogP contribution in [0.5, 0.6) is 0 Å². The lowest BCUT2D eigenvalue weighted by molar-refractivity contribution is 0.0689. The zero-order chi connectivity index (χ0) is 16.8. The first-order chi connectivity index (χ1) is 11.5. The number of aromatic carboxylic acids is 1. The predicted octanol–water partition coefficient (Wildman–Crippen LogP) is 2.63. The van der Waals surface area contributed by atoms with E-state index in [9.17, 15) is 4.79 Å². The quantitative estimate of drug-likeness (QED) is 0.599. The summed E-state index contributed by atoms with van der Waals surface area (Å²) in [5.74, 6) is -0.0481. The Balaban J connectivity index is 1.80. The van der Waals surface area contributed by atoms with Crippen molar-refractivity contribution in [1.29, 1.82) is 0 Å². The number of carboxylic acid groups (broad SMARTS) is 1. The number of benzene rings is 1. The first kappa shape index (κ1) is 14.2. The van der Waals surface area contributed by atoms with E-state index in [1.54, 1.807) is 24.7 Å². The number of nitrogens with zero attached hydrogens (tertiary/aromatic N) is 4. The van der Waals surface area contributed by atoms with Crippen LogP contribution in [0.4, 0.5) is 0 Å². The van der Waals surface area contributed by atoms with Gasteiger partial charge in [-0.25, -0.2) is 4.79 Å². The highest BCUT2D eigenvalue weighted by Gasteiger charge is 2.14. The fraction of sp³-hybridized carbons (Fsp3) is 0.125. The van der Waals surface area contributed by atoms with Crippen LogP contribution in [-0.4, -0.2) is 36.0 Å². The maximum absolute atomic E-state index is 11.1. The number of carboxylic acids is 1. The molecule has 3 aromatic heterocycles. The number of carbonyl (C=O) groups is 1. The highest BCUT2D eigenvalue weighted by atomic mass is 16.5. The molecule has 4 rings (SSSR count). The molecule has 2 N–H and O–H groups in total. The minimum absolute atomic E-state index is 0.0173. The van der Waals surface area contributed by atoms with Gasteiger partial charge in [-0.15, -0.1) is 0 Å². The number of nitrogens with one attached hydrogen (secondary N) is 1. The lowest BCUT2D eigenvalue weighted by atomic mass is 10.1. The topological polar surface area (TPSA) is 110 Å². The summed E-state index contributed by atoms with van der Waals surface area (Å²) in [7, 11) is 1.72. The van der Waals surface area contributed by atoms with E-state index in [2.05, 4.69) is 20.2 Å². The van der Waals surface area contributed by atoms with Crippen LogP contribution in [0.3, 0.4) is 0 Å². The molecule has 8 nitrogen and oxygen atoms in total. The van der Waals surface area contributed by atoms with Crippen LogP contribution in [0, 0.1) is 6.92 Å². The third kappa shape index (κ3) is 2.24. The molecule has 0 unspecified atom stereocenters. The van der Waals surface area contributed by atoms with Crippen LogP contribution in [-0.2, 0) is 7.05 Å². The maximum atomic E-state index is 11.1. The van der Waals surface area contributed by atoms with Crippen LogP contribution < -0.4 is 0 Å². The van der Waals surface area contributed by atoms with Crippen LogP contribution in [0.2, 0.25) is 0 Å². The predicted molar refractivity (Wildman–Crippen MR) is 85.5 cm³/mol. The van der Waals surface area contributed by atoms with Gasteiger partial charge < -0.3 is 14.6 Å². The molecule has 0 fully saturated rings. The van der Waals surface area contributed by atoms with Crippen LogP contribution in [0.1, 0.15) is 16.3 Å². The van der Waals surface area contributed by atoms with Crippen molar-refractivity contribution >= 4 is 16.9 Å². The fourth-order valence-corrected chi connectivity index (χ4v) is 2.66. The first-order valence-corrected chi connectivity index (χ1v) is 7.22. The smallest absolute Gasteiger partial charge is 0.356 e. The molecular weight excluding hydrogens is 310 g/mol. The molecule has 4 aromatic rings. The molecule has 0 aliphatic heterocycles. The molecular formula is C16H13N5O3. The van der Waals surface area contributed by atoms with Gasteiger partial charge in [0.25, 0.3) is 5.89 Å². The summed E-state index contributed by atoms with van der Waals surface area (Å²) in [4.78, 5) is 18.5. The van der Waals surface area contributed by atoms with E-state index in [0.29, 0.717) is 11.7 Å². The third-order valence-electron chi connectivity index (χ3n) is 3.77. The zero-order valence-corrected chi connectivity index (χ0v) is 12.9. The monoisotopic (exact) mass is 323 g/mol. The van der Waals surface area contributed by atoms with E-state index in [1.165, 1.54) is 0 Å². The van der Waals surface area contributed by atoms with Gasteiger partial charge in [-0.3, -0.25) is 4.68 Å². The van der Waals surface area contributed by atoms with Crippen molar-refractivity contribution in [2.75, 3.05) is 0 Å². The van der Waals surface area contributed by atoms with E-state index < -0.39 is 5.97 Å². The summed E-state index contributed by atoms with van der Waals surface area (Å²) in [5, 5.41) is 17.8. The molecule has 1 aromatic carbocycles. The molecule has 3 heterocycles. The summed E-state index contributed by atoms with van der Waals surface area (Å²) in [5.41, 5.74) is 3.27. The van der Waals surface area contributed by atoms with Crippen molar-refractivity contribution in [3.05, 3.63) is 41.9 Å². The summed E-state index contributed by atoms with van der Waals surface area (Å²) < 4.78 is 6.73. The second-order valence-electron chi connectivity index (χ2n) is 5.48. The molecule has 0 atom stereocenters. The highest BCUT2D eigenvalue weighted by molar-refractivity contribution is 5.90. The Kier molecular flexibility index (Phi) is 2.99. The molecule has 0 saturated carbocycles. The SMILES string of the molecule is Cc1noc(-c2cc3cc(-c4cc(C(=O)O)nn4C)ccc3[nH]2)n1. The third-order valence-corrected chi connectivity index (χ3v) is 3.77. The molecule has 0 saturated heterocycles. The average Bonchev–Trinajstić information content (AvgIpc) is 3.23. The second-order valence-corrected chi connectivity index (χ2v) is 5.48. The number of H-pyrrole nitrogens is 1. The van der Waals surface area contributed by atoms with Gasteiger partial charge in [0, 0.05) is 23.5 Å². The van der Waals surface area contributed by atoms with Crippen molar-refractivity contribution < 1.29 is 14.4 Å². The maximum Gasteiger partial charge on any atom is 0.356 e. The molecule has 8 heteroatoms. The Morgan fingerprint density at radius 3 is 2.79 bits per heavy atom. The van der Waals surface area contributed by atoms with E-state index in [1.807, 2.05) is 24.3 Å². The molecule has 0 aliphatic carbocycles. The van der Waals surface area contributed by atoms with Gasteiger partial charge in [0.05, 0.1) is 5.69 Å². The number of fused-ring (bicyclic) bond motifs is 1. The summed E-state index contributed by atoms with van der Waals surface area (Å²) in [6, 6.07) is 9.26. The molecule has 24 heavy (non-hydrogen) atoms. The van der Waals surface area contributed by atoms with Gasteiger partial charge in [0.15, 0.2) is 11.5 Å². The Hall–Kier alpha value is -3.42. The lowest BCUT2D eigenvalue weighted by Gasteiger charge is -2.01. The minimum Gasteiger partial charge on any atom is -0.476 e. The van der Waals surface area contributed by atoms with Crippen molar-refractivity contribution in [3.8, 4) is 22.8 Å². The van der Waals surface area contributed by atoms with Gasteiger partial charge in [-0.05, 0) is 31.2 Å². The Morgan fingerprint density at radius 2 is 2.12 bits per heavy atom. The summed E-state index contributed by atoms with van der Waals surface area (Å²) in [6.07, 6.45) is 0. The van der Waals surface area contributed by atoms with E-state index in [0.717, 1.165) is 27.9 Å². The molecule has 0 aliphatic rings. The number of rotatable bonds is 3. The van der Waals surface area contributed by atoms with E-state index >= 15 is 0 Å². The van der Waals surface area contributed by atoms with Gasteiger partial charge in [0.2, 0.25) is 0 Å². The standard InChI is InChI=1S/C16H13N5O3/c1-8-17-15(24-20-8)12-6-10-5-9(3-4-11(10)18-12)14-7-13(16(22)23)19-21(14)2/h3-7,18H,1-2H3,(H,22,23). The number of hydrogen-bond acceptors (Lipinski definition) is 5. The van der Waals surface area contributed by atoms with E-state index in [4.69, 9.17) is 9.63 Å². The normalized spacial score (nSPS) is 11.2. The highest BCUT2D eigenvalue weighted by Crippen LogP contribution is 2.28. The Bertz CT molecular complexity index is 1070. The van der Waals surface area contributed by atoms with Crippen LogP contribution in [0.15, 0.2) is 34.9 Å². The summed E-state index contributed by atoms with van der Waals surface area (Å²) >= 11 is 0. The first-order valence-electron chi connectivity index (χ1n) is 7.22. The minimum atomic E-state index is -1.05. The van der Waals surface area contributed by atoms with Crippen LogP contribution >= 0.6 is 0 Å². The van der Waals surface area contributed by atoms with Crippen molar-refractivity contribution in [3.63, 3.8) is 0 Å². The molecule has 0 bridgehead atoms. The molecule has 0 spiro atoms. The Morgan fingerprint density at radius 1 is 1.29 bits per heavy atom. The molecule has 0 amide bonds. The summed E-state index contributed by atoms with van der Waals surface area (Å²) in [6.45, 7) is 1.76.